The lowest BCUT2D eigenvalue weighted by Gasteiger charge is -2.32. The number of nitrogens with zero attached hydrogens (tertiary/aromatic N) is 2. The standard InChI is InChI=1S/C22H23F4N3O/c1-2-29(18-9-6-12-28(15-18)14-16-7-4-3-5-8-16)21(30)27-17-10-11-20(23)19(13-17)22(24,25)26/h3-5,7-8,10-11,13,15H,2,6,9,12,14H2,1H3,(H,27,30). The van der Waals surface area contributed by atoms with Crippen LogP contribution >= 0.6 is 0 Å². The monoisotopic (exact) mass is 421 g/mol. The van der Waals surface area contributed by atoms with E-state index in [9.17, 15) is 22.4 Å². The third kappa shape index (κ3) is 5.31. The molecule has 0 atom stereocenters. The van der Waals surface area contributed by atoms with E-state index in [1.165, 1.54) is 4.90 Å². The number of allylic oxidation sites excluding steroid dienone is 1. The summed E-state index contributed by atoms with van der Waals surface area (Å²) in [5.74, 6) is -1.38. The Hall–Kier alpha value is -3.03. The molecular weight excluding hydrogens is 398 g/mol. The van der Waals surface area contributed by atoms with E-state index < -0.39 is 23.6 Å². The van der Waals surface area contributed by atoms with Crippen LogP contribution in [0.25, 0.3) is 0 Å². The lowest BCUT2D eigenvalue weighted by atomic mass is 10.1. The Morgan fingerprint density at radius 3 is 2.57 bits per heavy atom. The normalized spacial score (nSPS) is 14.3. The van der Waals surface area contributed by atoms with Crippen molar-refractivity contribution in [2.24, 2.45) is 0 Å². The number of halogens is 4. The van der Waals surface area contributed by atoms with Gasteiger partial charge in [-0.1, -0.05) is 30.3 Å². The molecule has 4 nitrogen and oxygen atoms in total. The predicted molar refractivity (Wildman–Crippen MR) is 107 cm³/mol. The molecule has 2 aromatic carbocycles. The van der Waals surface area contributed by atoms with Crippen LogP contribution in [-0.4, -0.2) is 28.9 Å². The summed E-state index contributed by atoms with van der Waals surface area (Å²) in [4.78, 5) is 16.3. The van der Waals surface area contributed by atoms with Gasteiger partial charge in [0, 0.05) is 37.2 Å². The second kappa shape index (κ2) is 9.19. The highest BCUT2D eigenvalue weighted by Gasteiger charge is 2.34. The van der Waals surface area contributed by atoms with Gasteiger partial charge in [-0.05, 0) is 43.5 Å². The summed E-state index contributed by atoms with van der Waals surface area (Å²) in [6, 6.07) is 11.8. The first-order chi connectivity index (χ1) is 14.3. The zero-order valence-electron chi connectivity index (χ0n) is 16.5. The minimum absolute atomic E-state index is 0.107. The number of hydrogen-bond acceptors (Lipinski definition) is 2. The van der Waals surface area contributed by atoms with Crippen LogP contribution < -0.4 is 5.32 Å². The molecule has 0 aromatic heterocycles. The summed E-state index contributed by atoms with van der Waals surface area (Å²) in [7, 11) is 0. The van der Waals surface area contributed by atoms with Gasteiger partial charge < -0.3 is 10.2 Å². The third-order valence-corrected chi connectivity index (χ3v) is 4.87. The van der Waals surface area contributed by atoms with Gasteiger partial charge in [-0.3, -0.25) is 4.90 Å². The smallest absolute Gasteiger partial charge is 0.372 e. The Kier molecular flexibility index (Phi) is 6.64. The maximum atomic E-state index is 13.5. The fourth-order valence-corrected chi connectivity index (χ4v) is 3.44. The molecule has 0 bridgehead atoms. The number of anilines is 1. The summed E-state index contributed by atoms with van der Waals surface area (Å²) >= 11 is 0. The van der Waals surface area contributed by atoms with E-state index in [4.69, 9.17) is 0 Å². The van der Waals surface area contributed by atoms with Crippen molar-refractivity contribution in [3.05, 3.63) is 77.4 Å². The molecule has 2 amide bonds. The molecule has 0 radical (unpaired) electrons. The van der Waals surface area contributed by atoms with Gasteiger partial charge in [-0.25, -0.2) is 9.18 Å². The SMILES string of the molecule is CCN(C(=O)Nc1ccc(F)c(C(F)(F)F)c1)C1=CN(Cc2ccccc2)CCC1. The average molecular weight is 421 g/mol. The molecule has 0 saturated carbocycles. The highest BCUT2D eigenvalue weighted by molar-refractivity contribution is 5.90. The number of carbonyl (C=O) groups is 1. The van der Waals surface area contributed by atoms with Gasteiger partial charge in [-0.15, -0.1) is 0 Å². The molecule has 3 rings (SSSR count). The largest absolute Gasteiger partial charge is 0.419 e. The first-order valence-electron chi connectivity index (χ1n) is 9.72. The van der Waals surface area contributed by atoms with E-state index in [0.717, 1.165) is 30.3 Å². The molecule has 0 saturated heterocycles. The maximum Gasteiger partial charge on any atom is 0.419 e. The van der Waals surface area contributed by atoms with E-state index in [-0.39, 0.29) is 5.69 Å². The molecule has 0 unspecified atom stereocenters. The van der Waals surface area contributed by atoms with Crippen LogP contribution in [0.4, 0.5) is 28.0 Å². The van der Waals surface area contributed by atoms with E-state index >= 15 is 0 Å². The highest BCUT2D eigenvalue weighted by atomic mass is 19.4. The molecule has 8 heteroatoms. The first kappa shape index (κ1) is 21.7. The van der Waals surface area contributed by atoms with Crippen molar-refractivity contribution >= 4 is 11.7 Å². The quantitative estimate of drug-likeness (QED) is 0.616. The molecular formula is C22H23F4N3O. The van der Waals surface area contributed by atoms with E-state index in [0.29, 0.717) is 31.6 Å². The highest BCUT2D eigenvalue weighted by Crippen LogP contribution is 2.33. The third-order valence-electron chi connectivity index (χ3n) is 4.87. The summed E-state index contributed by atoms with van der Waals surface area (Å²) in [6.07, 6.45) is -1.37. The van der Waals surface area contributed by atoms with Gasteiger partial charge >= 0.3 is 12.2 Å². The Morgan fingerprint density at radius 1 is 1.17 bits per heavy atom. The van der Waals surface area contributed by atoms with E-state index in [1.54, 1.807) is 6.92 Å². The first-order valence-corrected chi connectivity index (χ1v) is 9.72. The minimum Gasteiger partial charge on any atom is -0.372 e. The molecule has 160 valence electrons. The molecule has 1 aliphatic heterocycles. The number of rotatable bonds is 5. The fraction of sp³-hybridized carbons (Fsp3) is 0.318. The Morgan fingerprint density at radius 2 is 1.90 bits per heavy atom. The van der Waals surface area contributed by atoms with Crippen LogP contribution in [0.3, 0.4) is 0 Å². The second-order valence-electron chi connectivity index (χ2n) is 7.05. The van der Waals surface area contributed by atoms with Crippen molar-refractivity contribution in [1.29, 1.82) is 0 Å². The Balaban J connectivity index is 1.74. The van der Waals surface area contributed by atoms with Crippen LogP contribution in [0.5, 0.6) is 0 Å². The van der Waals surface area contributed by atoms with Crippen LogP contribution in [0, 0.1) is 5.82 Å². The molecule has 2 aromatic rings. The molecule has 30 heavy (non-hydrogen) atoms. The van der Waals surface area contributed by atoms with Crippen LogP contribution in [0.15, 0.2) is 60.4 Å². The van der Waals surface area contributed by atoms with Crippen molar-refractivity contribution in [3.8, 4) is 0 Å². The van der Waals surface area contributed by atoms with Gasteiger partial charge in [-0.2, -0.15) is 13.2 Å². The molecule has 1 N–H and O–H groups in total. The Labute approximate surface area is 172 Å². The topological polar surface area (TPSA) is 35.6 Å². The van der Waals surface area contributed by atoms with Crippen molar-refractivity contribution in [2.75, 3.05) is 18.4 Å². The summed E-state index contributed by atoms with van der Waals surface area (Å²) in [5, 5.41) is 2.46. The number of alkyl halides is 3. The van der Waals surface area contributed by atoms with E-state index in [1.807, 2.05) is 36.5 Å². The maximum absolute atomic E-state index is 13.5. The number of hydrogen-bond donors (Lipinski definition) is 1. The van der Waals surface area contributed by atoms with Crippen molar-refractivity contribution in [3.63, 3.8) is 0 Å². The predicted octanol–water partition coefficient (Wildman–Crippen LogP) is 5.84. The lowest BCUT2D eigenvalue weighted by molar-refractivity contribution is -0.139. The van der Waals surface area contributed by atoms with Gasteiger partial charge in [0.05, 0.1) is 5.56 Å². The zero-order valence-corrected chi connectivity index (χ0v) is 16.5. The number of nitrogens with one attached hydrogen (secondary N) is 1. The summed E-state index contributed by atoms with van der Waals surface area (Å²) < 4.78 is 52.3. The fourth-order valence-electron chi connectivity index (χ4n) is 3.44. The lowest BCUT2D eigenvalue weighted by Crippen LogP contribution is -2.37. The van der Waals surface area contributed by atoms with Gasteiger partial charge in [0.25, 0.3) is 0 Å². The number of urea groups is 1. The van der Waals surface area contributed by atoms with Gasteiger partial charge in [0.2, 0.25) is 0 Å². The molecule has 0 aliphatic carbocycles. The van der Waals surface area contributed by atoms with Gasteiger partial charge in [0.15, 0.2) is 0 Å². The number of amides is 2. The minimum atomic E-state index is -4.83. The summed E-state index contributed by atoms with van der Waals surface area (Å²) in [5.41, 5.74) is 0.419. The van der Waals surface area contributed by atoms with Crippen LogP contribution in [-0.2, 0) is 12.7 Å². The summed E-state index contributed by atoms with van der Waals surface area (Å²) in [6.45, 7) is 3.70. The van der Waals surface area contributed by atoms with Crippen molar-refractivity contribution < 1.29 is 22.4 Å². The van der Waals surface area contributed by atoms with E-state index in [2.05, 4.69) is 10.2 Å². The van der Waals surface area contributed by atoms with Crippen LogP contribution in [0.1, 0.15) is 30.9 Å². The van der Waals surface area contributed by atoms with Crippen molar-refractivity contribution in [2.45, 2.75) is 32.5 Å². The molecule has 1 aliphatic rings. The number of benzene rings is 2. The van der Waals surface area contributed by atoms with Crippen molar-refractivity contribution in [1.82, 2.24) is 9.80 Å². The molecule has 0 spiro atoms. The second-order valence-corrected chi connectivity index (χ2v) is 7.05. The number of carbonyl (C=O) groups excluding carboxylic acids is 1. The average Bonchev–Trinajstić information content (AvgIpc) is 2.70. The molecule has 1 heterocycles. The Bertz CT molecular complexity index is 912. The van der Waals surface area contributed by atoms with Gasteiger partial charge in [0.1, 0.15) is 5.82 Å². The van der Waals surface area contributed by atoms with Crippen LogP contribution in [0.2, 0.25) is 0 Å². The zero-order chi connectivity index (χ0) is 21.7. The molecule has 0 fully saturated rings.